The molecule has 3 heterocycles. The molecule has 10 nitrogen and oxygen atoms in total. The SMILES string of the molecule is CC1(C)OC2C(COS(C)(=O)=O)OC(n3ccc(=O)[nH]c3=O)C2O1. The van der Waals surface area contributed by atoms with Crippen molar-refractivity contribution < 1.29 is 26.8 Å². The number of aromatic amines is 1. The highest BCUT2D eigenvalue weighted by Crippen LogP contribution is 2.42. The van der Waals surface area contributed by atoms with Crippen molar-refractivity contribution in [2.75, 3.05) is 12.9 Å². The number of fused-ring (bicyclic) bond motifs is 1. The molecule has 2 aliphatic rings. The molecule has 0 spiro atoms. The van der Waals surface area contributed by atoms with Crippen LogP contribution in [0.5, 0.6) is 0 Å². The van der Waals surface area contributed by atoms with Crippen molar-refractivity contribution in [2.45, 2.75) is 44.2 Å². The molecule has 0 radical (unpaired) electrons. The molecule has 0 bridgehead atoms. The van der Waals surface area contributed by atoms with Gasteiger partial charge in [-0.15, -0.1) is 0 Å². The van der Waals surface area contributed by atoms with Crippen LogP contribution in [0, 0.1) is 0 Å². The average molecular weight is 362 g/mol. The summed E-state index contributed by atoms with van der Waals surface area (Å²) in [6.45, 7) is 3.13. The second kappa shape index (κ2) is 5.77. The van der Waals surface area contributed by atoms with Gasteiger partial charge in [-0.3, -0.25) is 18.5 Å². The molecule has 2 aliphatic heterocycles. The summed E-state index contributed by atoms with van der Waals surface area (Å²) in [5, 5.41) is 0. The molecule has 1 N–H and O–H groups in total. The summed E-state index contributed by atoms with van der Waals surface area (Å²) in [6, 6.07) is 1.18. The van der Waals surface area contributed by atoms with Crippen LogP contribution in [-0.4, -0.2) is 54.9 Å². The Hall–Kier alpha value is -1.53. The Morgan fingerprint density at radius 3 is 2.58 bits per heavy atom. The van der Waals surface area contributed by atoms with Gasteiger partial charge < -0.3 is 14.2 Å². The van der Waals surface area contributed by atoms with Crippen LogP contribution >= 0.6 is 0 Å². The fraction of sp³-hybridized carbons (Fsp3) is 0.692. The van der Waals surface area contributed by atoms with Crippen molar-refractivity contribution in [3.05, 3.63) is 33.1 Å². The maximum atomic E-state index is 12.0. The van der Waals surface area contributed by atoms with E-state index >= 15 is 0 Å². The van der Waals surface area contributed by atoms with Crippen LogP contribution < -0.4 is 11.2 Å². The normalized spacial score (nSPS) is 32.0. The molecular formula is C13H18N2O8S. The Morgan fingerprint density at radius 1 is 1.29 bits per heavy atom. The van der Waals surface area contributed by atoms with E-state index in [0.29, 0.717) is 0 Å². The van der Waals surface area contributed by atoms with Gasteiger partial charge in [0, 0.05) is 12.3 Å². The zero-order valence-corrected chi connectivity index (χ0v) is 14.1. The molecule has 2 fully saturated rings. The van der Waals surface area contributed by atoms with Crippen molar-refractivity contribution in [3.63, 3.8) is 0 Å². The van der Waals surface area contributed by atoms with Crippen LogP contribution in [0.4, 0.5) is 0 Å². The third-order valence-electron chi connectivity index (χ3n) is 3.70. The Kier molecular flexibility index (Phi) is 4.16. The van der Waals surface area contributed by atoms with Gasteiger partial charge in [0.25, 0.3) is 15.7 Å². The minimum absolute atomic E-state index is 0.270. The summed E-state index contributed by atoms with van der Waals surface area (Å²) in [6.07, 6.45) is -0.691. The number of nitrogens with one attached hydrogen (secondary N) is 1. The lowest BCUT2D eigenvalue weighted by Crippen LogP contribution is -2.37. The quantitative estimate of drug-likeness (QED) is 0.671. The Labute approximate surface area is 137 Å². The molecule has 3 rings (SSSR count). The van der Waals surface area contributed by atoms with E-state index < -0.39 is 51.7 Å². The maximum absolute atomic E-state index is 12.0. The molecule has 0 aromatic carbocycles. The van der Waals surface area contributed by atoms with Gasteiger partial charge in [-0.2, -0.15) is 8.42 Å². The number of H-pyrrole nitrogens is 1. The monoisotopic (exact) mass is 362 g/mol. The molecule has 134 valence electrons. The first-order valence-corrected chi connectivity index (χ1v) is 9.04. The number of aromatic nitrogens is 2. The van der Waals surface area contributed by atoms with Gasteiger partial charge in [-0.25, -0.2) is 4.79 Å². The first-order chi connectivity index (χ1) is 11.1. The van der Waals surface area contributed by atoms with Crippen LogP contribution in [-0.2, 0) is 28.5 Å². The van der Waals surface area contributed by atoms with E-state index in [1.807, 2.05) is 0 Å². The lowest BCUT2D eigenvalue weighted by Gasteiger charge is -2.24. The maximum Gasteiger partial charge on any atom is 0.330 e. The van der Waals surface area contributed by atoms with E-state index in [9.17, 15) is 18.0 Å². The second-order valence-corrected chi connectivity index (χ2v) is 7.78. The standard InChI is InChI=1S/C13H18N2O8S/c1-13(2)22-9-7(6-20-24(3,18)19)21-11(10(9)23-13)15-5-4-8(16)14-12(15)17/h4-5,7,9-11H,6H2,1-3H3,(H,14,16,17). The van der Waals surface area contributed by atoms with E-state index in [1.165, 1.54) is 16.8 Å². The number of hydrogen-bond acceptors (Lipinski definition) is 8. The molecule has 4 unspecified atom stereocenters. The Morgan fingerprint density at radius 2 is 1.96 bits per heavy atom. The molecule has 4 atom stereocenters. The van der Waals surface area contributed by atoms with Crippen LogP contribution in [0.15, 0.2) is 21.9 Å². The van der Waals surface area contributed by atoms with Crippen LogP contribution in [0.2, 0.25) is 0 Å². The van der Waals surface area contributed by atoms with Gasteiger partial charge >= 0.3 is 5.69 Å². The van der Waals surface area contributed by atoms with E-state index in [1.54, 1.807) is 13.8 Å². The summed E-state index contributed by atoms with van der Waals surface area (Å²) < 4.78 is 45.6. The van der Waals surface area contributed by atoms with Gasteiger partial charge in [-0.1, -0.05) is 0 Å². The third-order valence-corrected chi connectivity index (χ3v) is 4.26. The zero-order chi connectivity index (χ0) is 17.7. The van der Waals surface area contributed by atoms with Crippen molar-refractivity contribution in [1.82, 2.24) is 9.55 Å². The van der Waals surface area contributed by atoms with Gasteiger partial charge in [0.1, 0.15) is 18.3 Å². The first kappa shape index (κ1) is 17.3. The average Bonchev–Trinajstić information content (AvgIpc) is 2.90. The van der Waals surface area contributed by atoms with Gasteiger partial charge in [0.15, 0.2) is 12.0 Å². The van der Waals surface area contributed by atoms with Gasteiger partial charge in [0.05, 0.1) is 12.9 Å². The molecule has 0 saturated carbocycles. The summed E-state index contributed by atoms with van der Waals surface area (Å²) in [5.74, 6) is -0.924. The molecule has 11 heteroatoms. The minimum Gasteiger partial charge on any atom is -0.346 e. The van der Waals surface area contributed by atoms with Crippen molar-refractivity contribution in [1.29, 1.82) is 0 Å². The second-order valence-electron chi connectivity index (χ2n) is 6.14. The summed E-state index contributed by atoms with van der Waals surface area (Å²) >= 11 is 0. The Balaban J connectivity index is 1.90. The summed E-state index contributed by atoms with van der Waals surface area (Å²) in [7, 11) is -3.66. The Bertz CT molecular complexity index is 842. The van der Waals surface area contributed by atoms with Crippen molar-refractivity contribution in [2.24, 2.45) is 0 Å². The van der Waals surface area contributed by atoms with Gasteiger partial charge in [0.2, 0.25) is 0 Å². The van der Waals surface area contributed by atoms with E-state index in [0.717, 1.165) is 6.26 Å². The number of nitrogens with zero attached hydrogens (tertiary/aromatic N) is 1. The zero-order valence-electron chi connectivity index (χ0n) is 13.3. The van der Waals surface area contributed by atoms with E-state index in [4.69, 9.17) is 18.4 Å². The van der Waals surface area contributed by atoms with Crippen molar-refractivity contribution >= 4 is 10.1 Å². The topological polar surface area (TPSA) is 126 Å². The lowest BCUT2D eigenvalue weighted by molar-refractivity contribution is -0.199. The van der Waals surface area contributed by atoms with E-state index in [-0.39, 0.29) is 6.61 Å². The number of hydrogen-bond donors (Lipinski definition) is 1. The van der Waals surface area contributed by atoms with Crippen molar-refractivity contribution in [3.8, 4) is 0 Å². The largest absolute Gasteiger partial charge is 0.346 e. The molecule has 1 aromatic heterocycles. The predicted octanol–water partition coefficient (Wildman–Crippen LogP) is -1.07. The van der Waals surface area contributed by atoms with Crippen LogP contribution in [0.1, 0.15) is 20.1 Å². The molecular weight excluding hydrogens is 344 g/mol. The smallest absolute Gasteiger partial charge is 0.330 e. The summed E-state index contributed by atoms with van der Waals surface area (Å²) in [5.41, 5.74) is -1.20. The van der Waals surface area contributed by atoms with Gasteiger partial charge in [-0.05, 0) is 13.8 Å². The highest BCUT2D eigenvalue weighted by molar-refractivity contribution is 7.85. The first-order valence-electron chi connectivity index (χ1n) is 7.23. The molecule has 2 saturated heterocycles. The summed E-state index contributed by atoms with van der Waals surface area (Å²) in [4.78, 5) is 25.4. The fourth-order valence-electron chi connectivity index (χ4n) is 2.84. The minimum atomic E-state index is -3.66. The highest BCUT2D eigenvalue weighted by atomic mass is 32.2. The lowest BCUT2D eigenvalue weighted by atomic mass is 10.1. The highest BCUT2D eigenvalue weighted by Gasteiger charge is 2.56. The number of rotatable bonds is 4. The van der Waals surface area contributed by atoms with Crippen LogP contribution in [0.25, 0.3) is 0 Å². The molecule has 24 heavy (non-hydrogen) atoms. The molecule has 0 amide bonds. The number of ether oxygens (including phenoxy) is 3. The molecule has 1 aromatic rings. The van der Waals surface area contributed by atoms with E-state index in [2.05, 4.69) is 4.98 Å². The molecule has 0 aliphatic carbocycles. The fourth-order valence-corrected chi connectivity index (χ4v) is 3.22. The third kappa shape index (κ3) is 3.44. The predicted molar refractivity (Wildman–Crippen MR) is 79.9 cm³/mol. The van der Waals surface area contributed by atoms with Crippen LogP contribution in [0.3, 0.4) is 0 Å².